The maximum absolute atomic E-state index is 13.1. The highest BCUT2D eigenvalue weighted by molar-refractivity contribution is 7.13. The van der Waals surface area contributed by atoms with Gasteiger partial charge in [0, 0.05) is 40.8 Å². The molecule has 0 atom stereocenters. The van der Waals surface area contributed by atoms with E-state index in [9.17, 15) is 4.79 Å². The van der Waals surface area contributed by atoms with Gasteiger partial charge in [0.2, 0.25) is 0 Å². The first kappa shape index (κ1) is 19.9. The monoisotopic (exact) mass is 436 g/mol. The van der Waals surface area contributed by atoms with Crippen molar-refractivity contribution in [1.29, 1.82) is 0 Å². The Bertz CT molecular complexity index is 1310. The normalized spacial score (nSPS) is 10.8. The third kappa shape index (κ3) is 4.36. The Hall–Kier alpha value is -4.03. The van der Waals surface area contributed by atoms with E-state index >= 15 is 0 Å². The lowest BCUT2D eigenvalue weighted by molar-refractivity contribution is 0.102. The fourth-order valence-electron chi connectivity index (χ4n) is 3.56. The van der Waals surface area contributed by atoms with Crippen LogP contribution in [0.3, 0.4) is 0 Å². The number of amides is 1. The third-order valence-corrected chi connectivity index (χ3v) is 5.98. The summed E-state index contributed by atoms with van der Waals surface area (Å²) < 4.78 is 1.89. The van der Waals surface area contributed by atoms with Gasteiger partial charge in [-0.15, -0.1) is 11.3 Å². The Morgan fingerprint density at radius 3 is 2.38 bits per heavy atom. The van der Waals surface area contributed by atoms with Crippen molar-refractivity contribution in [2.75, 3.05) is 5.32 Å². The van der Waals surface area contributed by atoms with Crippen LogP contribution in [-0.4, -0.2) is 20.7 Å². The SMILES string of the molecule is O=C(Nc1ccc(-c2nccs2)cc1)c1ccccc1-c1ccc(Cn2cccn2)cc1. The van der Waals surface area contributed by atoms with Crippen molar-refractivity contribution in [1.82, 2.24) is 14.8 Å². The molecule has 2 heterocycles. The van der Waals surface area contributed by atoms with E-state index in [1.165, 1.54) is 0 Å². The lowest BCUT2D eigenvalue weighted by Crippen LogP contribution is -2.13. The second kappa shape index (κ2) is 8.99. The molecule has 0 spiro atoms. The highest BCUT2D eigenvalue weighted by atomic mass is 32.1. The second-order valence-corrected chi connectivity index (χ2v) is 8.21. The molecule has 5 rings (SSSR count). The first-order chi connectivity index (χ1) is 15.8. The Morgan fingerprint density at radius 2 is 1.66 bits per heavy atom. The molecular formula is C26H20N4OS. The summed E-state index contributed by atoms with van der Waals surface area (Å²) in [6.07, 6.45) is 5.50. The number of nitrogens with zero attached hydrogens (tertiary/aromatic N) is 3. The Morgan fingerprint density at radius 1 is 0.875 bits per heavy atom. The molecule has 0 aliphatic heterocycles. The number of benzene rings is 3. The molecule has 0 unspecified atom stereocenters. The van der Waals surface area contributed by atoms with Gasteiger partial charge in [0.05, 0.1) is 6.54 Å². The summed E-state index contributed by atoms with van der Waals surface area (Å²) >= 11 is 1.59. The minimum Gasteiger partial charge on any atom is -0.322 e. The number of rotatable bonds is 6. The van der Waals surface area contributed by atoms with Crippen molar-refractivity contribution in [3.63, 3.8) is 0 Å². The number of hydrogen-bond donors (Lipinski definition) is 1. The molecule has 5 nitrogen and oxygen atoms in total. The van der Waals surface area contributed by atoms with E-state index < -0.39 is 0 Å². The van der Waals surface area contributed by atoms with Gasteiger partial charge >= 0.3 is 0 Å². The molecule has 1 N–H and O–H groups in total. The predicted molar refractivity (Wildman–Crippen MR) is 129 cm³/mol. The molecule has 5 aromatic rings. The molecule has 2 aromatic heterocycles. The number of anilines is 1. The molecule has 0 saturated carbocycles. The smallest absolute Gasteiger partial charge is 0.256 e. The van der Waals surface area contributed by atoms with Crippen LogP contribution in [0.2, 0.25) is 0 Å². The first-order valence-electron chi connectivity index (χ1n) is 10.2. The van der Waals surface area contributed by atoms with Gasteiger partial charge in [-0.2, -0.15) is 5.10 Å². The molecule has 0 fully saturated rings. The number of carbonyl (C=O) groups is 1. The van der Waals surface area contributed by atoms with E-state index in [1.807, 2.05) is 83.0 Å². The van der Waals surface area contributed by atoms with E-state index in [0.717, 1.165) is 32.9 Å². The van der Waals surface area contributed by atoms with Crippen LogP contribution in [0.1, 0.15) is 15.9 Å². The second-order valence-electron chi connectivity index (χ2n) is 7.31. The summed E-state index contributed by atoms with van der Waals surface area (Å²) in [5.74, 6) is -0.136. The predicted octanol–water partition coefficient (Wildman–Crippen LogP) is 5.97. The molecule has 6 heteroatoms. The molecule has 156 valence electrons. The first-order valence-corrected chi connectivity index (χ1v) is 11.1. The van der Waals surface area contributed by atoms with Crippen LogP contribution < -0.4 is 5.32 Å². The quantitative estimate of drug-likeness (QED) is 0.356. The van der Waals surface area contributed by atoms with E-state index in [4.69, 9.17) is 0 Å². The van der Waals surface area contributed by atoms with Crippen LogP contribution in [0.25, 0.3) is 21.7 Å². The molecule has 3 aromatic carbocycles. The van der Waals surface area contributed by atoms with Crippen molar-refractivity contribution in [2.45, 2.75) is 6.54 Å². The molecule has 0 bridgehead atoms. The molecule has 0 radical (unpaired) electrons. The van der Waals surface area contributed by atoms with Crippen molar-refractivity contribution < 1.29 is 4.79 Å². The number of hydrogen-bond acceptors (Lipinski definition) is 4. The van der Waals surface area contributed by atoms with Gasteiger partial charge in [0.15, 0.2) is 0 Å². The van der Waals surface area contributed by atoms with Gasteiger partial charge in [-0.1, -0.05) is 42.5 Å². The maximum atomic E-state index is 13.1. The summed E-state index contributed by atoms with van der Waals surface area (Å²) in [4.78, 5) is 17.4. The van der Waals surface area contributed by atoms with Gasteiger partial charge in [0.1, 0.15) is 5.01 Å². The van der Waals surface area contributed by atoms with E-state index in [2.05, 4.69) is 27.5 Å². The summed E-state index contributed by atoms with van der Waals surface area (Å²) in [5, 5.41) is 10.2. The van der Waals surface area contributed by atoms with Crippen LogP contribution in [0.5, 0.6) is 0 Å². The lowest BCUT2D eigenvalue weighted by Gasteiger charge is -2.11. The highest BCUT2D eigenvalue weighted by Crippen LogP contribution is 2.26. The Labute approximate surface area is 190 Å². The zero-order valence-corrected chi connectivity index (χ0v) is 18.0. The van der Waals surface area contributed by atoms with Crippen molar-refractivity contribution in [3.05, 3.63) is 114 Å². The summed E-state index contributed by atoms with van der Waals surface area (Å²) in [6, 6.07) is 25.6. The van der Waals surface area contributed by atoms with Crippen LogP contribution in [0.4, 0.5) is 5.69 Å². The topological polar surface area (TPSA) is 59.8 Å². The van der Waals surface area contributed by atoms with Crippen molar-refractivity contribution in [3.8, 4) is 21.7 Å². The van der Waals surface area contributed by atoms with Gasteiger partial charge in [0.25, 0.3) is 5.91 Å². The number of thiazole rings is 1. The van der Waals surface area contributed by atoms with Gasteiger partial charge < -0.3 is 5.32 Å². The zero-order valence-electron chi connectivity index (χ0n) is 17.2. The van der Waals surface area contributed by atoms with Crippen LogP contribution >= 0.6 is 11.3 Å². The van der Waals surface area contributed by atoms with Gasteiger partial charge in [-0.3, -0.25) is 9.48 Å². The zero-order chi connectivity index (χ0) is 21.8. The van der Waals surface area contributed by atoms with Crippen molar-refractivity contribution >= 4 is 22.9 Å². The summed E-state index contributed by atoms with van der Waals surface area (Å²) in [6.45, 7) is 0.715. The van der Waals surface area contributed by atoms with Crippen molar-refractivity contribution in [2.24, 2.45) is 0 Å². The minimum absolute atomic E-state index is 0.136. The summed E-state index contributed by atoms with van der Waals surface area (Å²) in [7, 11) is 0. The fourth-order valence-corrected chi connectivity index (χ4v) is 4.21. The fraction of sp³-hybridized carbons (Fsp3) is 0.0385. The number of carbonyl (C=O) groups excluding carboxylic acids is 1. The largest absolute Gasteiger partial charge is 0.322 e. The van der Waals surface area contributed by atoms with Gasteiger partial charge in [-0.05, 0) is 53.1 Å². The highest BCUT2D eigenvalue weighted by Gasteiger charge is 2.13. The Balaban J connectivity index is 1.34. The van der Waals surface area contributed by atoms with E-state index in [-0.39, 0.29) is 5.91 Å². The number of aromatic nitrogens is 3. The van der Waals surface area contributed by atoms with E-state index in [0.29, 0.717) is 12.1 Å². The molecule has 32 heavy (non-hydrogen) atoms. The Kier molecular flexibility index (Phi) is 5.59. The minimum atomic E-state index is -0.136. The number of nitrogens with one attached hydrogen (secondary N) is 1. The standard InChI is InChI=1S/C26H20N4OS/c31-25(29-22-12-10-21(11-13-22)26-27-15-17-32-26)24-5-2-1-4-23(24)20-8-6-19(7-9-20)18-30-16-3-14-28-30/h1-17H,18H2,(H,29,31). The van der Waals surface area contributed by atoms with Crippen LogP contribution in [0.15, 0.2) is 103 Å². The van der Waals surface area contributed by atoms with E-state index in [1.54, 1.807) is 23.7 Å². The maximum Gasteiger partial charge on any atom is 0.256 e. The molecular weight excluding hydrogens is 416 g/mol. The lowest BCUT2D eigenvalue weighted by atomic mass is 9.98. The molecule has 0 aliphatic carbocycles. The molecule has 1 amide bonds. The van der Waals surface area contributed by atoms with Crippen LogP contribution in [-0.2, 0) is 6.54 Å². The van der Waals surface area contributed by atoms with Crippen LogP contribution in [0, 0.1) is 0 Å². The summed E-state index contributed by atoms with van der Waals surface area (Å²) in [5.41, 5.74) is 5.47. The average molecular weight is 437 g/mol. The molecule has 0 saturated heterocycles. The van der Waals surface area contributed by atoms with Gasteiger partial charge in [-0.25, -0.2) is 4.98 Å². The molecule has 0 aliphatic rings. The third-order valence-electron chi connectivity index (χ3n) is 5.16. The average Bonchev–Trinajstić information content (AvgIpc) is 3.55.